The van der Waals surface area contributed by atoms with Crippen LogP contribution in [0, 0.1) is 5.82 Å². The average molecular weight is 292 g/mol. The van der Waals surface area contributed by atoms with Crippen molar-refractivity contribution in [2.45, 2.75) is 19.9 Å². The van der Waals surface area contributed by atoms with Crippen LogP contribution in [0.1, 0.15) is 35.9 Å². The molecular weight excluding hydrogens is 275 g/mol. The van der Waals surface area contributed by atoms with Crippen LogP contribution in [0.25, 0.3) is 0 Å². The van der Waals surface area contributed by atoms with Crippen LogP contribution < -0.4 is 4.74 Å². The average Bonchev–Trinajstić information content (AvgIpc) is 2.96. The molecule has 1 heterocycles. The van der Waals surface area contributed by atoms with Gasteiger partial charge in [-0.3, -0.25) is 0 Å². The fraction of sp³-hybridized carbons (Fsp3) is 0.333. The second-order valence-electron chi connectivity index (χ2n) is 4.47. The van der Waals surface area contributed by atoms with E-state index in [-0.39, 0.29) is 18.5 Å². The van der Waals surface area contributed by atoms with Crippen LogP contribution in [0.4, 0.5) is 4.39 Å². The van der Waals surface area contributed by atoms with Gasteiger partial charge in [0.15, 0.2) is 0 Å². The number of hydrogen-bond donors (Lipinski definition) is 0. The van der Waals surface area contributed by atoms with Gasteiger partial charge >= 0.3 is 5.97 Å². The maximum Gasteiger partial charge on any atom is 0.356 e. The second-order valence-corrected chi connectivity index (χ2v) is 4.47. The van der Waals surface area contributed by atoms with Gasteiger partial charge in [0, 0.05) is 11.6 Å². The first-order valence-electron chi connectivity index (χ1n) is 6.60. The number of rotatable bonds is 5. The van der Waals surface area contributed by atoms with E-state index in [1.54, 1.807) is 23.9 Å². The summed E-state index contributed by atoms with van der Waals surface area (Å²) < 4.78 is 25.1. The SMILES string of the molecule is CCOC(=O)c1cncn1C(C)c1ccc(F)cc1OC. The Hall–Kier alpha value is -2.37. The monoisotopic (exact) mass is 292 g/mol. The van der Waals surface area contributed by atoms with Crippen LogP contribution in [0.2, 0.25) is 0 Å². The molecule has 0 saturated heterocycles. The van der Waals surface area contributed by atoms with Crippen molar-refractivity contribution in [3.8, 4) is 5.75 Å². The summed E-state index contributed by atoms with van der Waals surface area (Å²) in [4.78, 5) is 15.9. The fourth-order valence-electron chi connectivity index (χ4n) is 2.16. The molecule has 0 amide bonds. The minimum atomic E-state index is -0.442. The topological polar surface area (TPSA) is 53.3 Å². The summed E-state index contributed by atoms with van der Waals surface area (Å²) in [5, 5.41) is 0. The van der Waals surface area contributed by atoms with Gasteiger partial charge in [0.25, 0.3) is 0 Å². The molecule has 0 aliphatic heterocycles. The number of aromatic nitrogens is 2. The van der Waals surface area contributed by atoms with Crippen molar-refractivity contribution in [1.82, 2.24) is 9.55 Å². The van der Waals surface area contributed by atoms with Crippen LogP contribution >= 0.6 is 0 Å². The summed E-state index contributed by atoms with van der Waals surface area (Å²) in [5.74, 6) is -0.395. The maximum absolute atomic E-state index is 13.3. The van der Waals surface area contributed by atoms with Crippen molar-refractivity contribution in [3.05, 3.63) is 47.8 Å². The number of methoxy groups -OCH3 is 1. The van der Waals surface area contributed by atoms with Crippen molar-refractivity contribution in [2.75, 3.05) is 13.7 Å². The number of hydrogen-bond acceptors (Lipinski definition) is 4. The molecule has 21 heavy (non-hydrogen) atoms. The van der Waals surface area contributed by atoms with E-state index in [4.69, 9.17) is 9.47 Å². The molecule has 1 aromatic heterocycles. The Bertz CT molecular complexity index is 640. The Kier molecular flexibility index (Phi) is 4.57. The molecule has 0 saturated carbocycles. The van der Waals surface area contributed by atoms with Gasteiger partial charge in [-0.25, -0.2) is 14.2 Å². The van der Waals surface area contributed by atoms with Crippen LogP contribution in [0.3, 0.4) is 0 Å². The summed E-state index contributed by atoms with van der Waals surface area (Å²) in [5.41, 5.74) is 1.10. The molecule has 1 aromatic carbocycles. The number of benzene rings is 1. The predicted molar refractivity (Wildman–Crippen MR) is 74.9 cm³/mol. The third-order valence-electron chi connectivity index (χ3n) is 3.21. The summed E-state index contributed by atoms with van der Waals surface area (Å²) in [6, 6.07) is 4.05. The van der Waals surface area contributed by atoms with Crippen molar-refractivity contribution in [1.29, 1.82) is 0 Å². The molecule has 0 fully saturated rings. The molecule has 2 aromatic rings. The van der Waals surface area contributed by atoms with Gasteiger partial charge in [-0.2, -0.15) is 0 Å². The van der Waals surface area contributed by atoms with Gasteiger partial charge in [-0.05, 0) is 19.9 Å². The van der Waals surface area contributed by atoms with Crippen molar-refractivity contribution >= 4 is 5.97 Å². The van der Waals surface area contributed by atoms with Gasteiger partial charge in [-0.15, -0.1) is 0 Å². The Morgan fingerprint density at radius 3 is 2.90 bits per heavy atom. The van der Waals surface area contributed by atoms with E-state index in [1.807, 2.05) is 6.92 Å². The van der Waals surface area contributed by atoms with Gasteiger partial charge in [0.05, 0.1) is 32.3 Å². The molecule has 1 atom stereocenters. The third-order valence-corrected chi connectivity index (χ3v) is 3.21. The van der Waals surface area contributed by atoms with Crippen LogP contribution in [0.5, 0.6) is 5.75 Å². The van der Waals surface area contributed by atoms with Gasteiger partial charge in [0.2, 0.25) is 0 Å². The number of halogens is 1. The lowest BCUT2D eigenvalue weighted by Crippen LogP contribution is -2.16. The number of carbonyl (C=O) groups excluding carboxylic acids is 1. The highest BCUT2D eigenvalue weighted by Crippen LogP contribution is 2.29. The highest BCUT2D eigenvalue weighted by Gasteiger charge is 2.20. The van der Waals surface area contributed by atoms with Gasteiger partial charge < -0.3 is 14.0 Å². The predicted octanol–water partition coefficient (Wildman–Crippen LogP) is 2.82. The van der Waals surface area contributed by atoms with Crippen LogP contribution in [-0.4, -0.2) is 29.2 Å². The lowest BCUT2D eigenvalue weighted by atomic mass is 10.1. The third kappa shape index (κ3) is 3.04. The first-order chi connectivity index (χ1) is 10.1. The lowest BCUT2D eigenvalue weighted by molar-refractivity contribution is 0.0512. The molecule has 0 spiro atoms. The summed E-state index contributed by atoms with van der Waals surface area (Å²) in [7, 11) is 1.48. The Labute approximate surface area is 122 Å². The lowest BCUT2D eigenvalue weighted by Gasteiger charge is -2.19. The molecule has 0 aliphatic rings. The largest absolute Gasteiger partial charge is 0.496 e. The molecule has 0 bridgehead atoms. The molecule has 2 rings (SSSR count). The van der Waals surface area contributed by atoms with Crippen molar-refractivity contribution < 1.29 is 18.7 Å². The number of esters is 1. The molecule has 0 aliphatic carbocycles. The van der Waals surface area contributed by atoms with E-state index in [9.17, 15) is 9.18 Å². The van der Waals surface area contributed by atoms with E-state index < -0.39 is 5.97 Å². The molecule has 1 unspecified atom stereocenters. The van der Waals surface area contributed by atoms with E-state index in [0.717, 1.165) is 5.56 Å². The van der Waals surface area contributed by atoms with Crippen LogP contribution in [-0.2, 0) is 4.74 Å². The van der Waals surface area contributed by atoms with Crippen molar-refractivity contribution in [2.24, 2.45) is 0 Å². The Morgan fingerprint density at radius 1 is 1.48 bits per heavy atom. The van der Waals surface area contributed by atoms with Gasteiger partial charge in [0.1, 0.15) is 17.3 Å². The number of nitrogens with zero attached hydrogens (tertiary/aromatic N) is 2. The second kappa shape index (κ2) is 6.39. The zero-order valence-electron chi connectivity index (χ0n) is 12.2. The molecule has 6 heteroatoms. The van der Waals surface area contributed by atoms with E-state index >= 15 is 0 Å². The fourth-order valence-corrected chi connectivity index (χ4v) is 2.16. The van der Waals surface area contributed by atoms with E-state index in [0.29, 0.717) is 11.4 Å². The van der Waals surface area contributed by atoms with E-state index in [2.05, 4.69) is 4.98 Å². The number of ether oxygens (including phenoxy) is 2. The molecule has 0 N–H and O–H groups in total. The van der Waals surface area contributed by atoms with Crippen LogP contribution in [0.15, 0.2) is 30.7 Å². The normalized spacial score (nSPS) is 12.0. The summed E-state index contributed by atoms with van der Waals surface area (Å²) in [6.07, 6.45) is 2.99. The Morgan fingerprint density at radius 2 is 2.24 bits per heavy atom. The van der Waals surface area contributed by atoms with E-state index in [1.165, 1.54) is 25.4 Å². The van der Waals surface area contributed by atoms with Gasteiger partial charge in [-0.1, -0.05) is 6.07 Å². The summed E-state index contributed by atoms with van der Waals surface area (Å²) >= 11 is 0. The molecule has 0 radical (unpaired) electrons. The minimum absolute atomic E-state index is 0.248. The molecule has 5 nitrogen and oxygen atoms in total. The summed E-state index contributed by atoms with van der Waals surface area (Å²) in [6.45, 7) is 3.91. The smallest absolute Gasteiger partial charge is 0.356 e. The minimum Gasteiger partial charge on any atom is -0.496 e. The molecule has 112 valence electrons. The zero-order valence-corrected chi connectivity index (χ0v) is 12.2. The first kappa shape index (κ1) is 15.0. The maximum atomic E-state index is 13.3. The number of carbonyl (C=O) groups is 1. The highest BCUT2D eigenvalue weighted by atomic mass is 19.1. The Balaban J connectivity index is 2.39. The highest BCUT2D eigenvalue weighted by molar-refractivity contribution is 5.87. The molecular formula is C15H17FN2O3. The zero-order chi connectivity index (χ0) is 15.4. The quantitative estimate of drug-likeness (QED) is 0.795. The van der Waals surface area contributed by atoms with Crippen molar-refractivity contribution in [3.63, 3.8) is 0 Å². The number of imidazole rings is 1. The first-order valence-corrected chi connectivity index (χ1v) is 6.60. The standard InChI is InChI=1S/C15H17FN2O3/c1-4-21-15(19)13-8-17-9-18(13)10(2)12-6-5-11(16)7-14(12)20-3/h5-10H,4H2,1-3H3.